The molecule has 1 atom stereocenters. The molecule has 0 N–H and O–H groups in total. The summed E-state index contributed by atoms with van der Waals surface area (Å²) in [5, 5.41) is 0.728. The van der Waals surface area contributed by atoms with Crippen LogP contribution in [0.3, 0.4) is 0 Å². The second-order valence-corrected chi connectivity index (χ2v) is 10.3. The molecule has 0 radical (unpaired) electrons. The molecule has 1 aromatic carbocycles. The quantitative estimate of drug-likeness (QED) is 0.832. The molecule has 23 heavy (non-hydrogen) atoms. The fraction of sp³-hybridized carbons (Fsp3) is 0.400. The van der Waals surface area contributed by atoms with Gasteiger partial charge in [0.1, 0.15) is 4.90 Å². The largest absolute Gasteiger partial charge is 0.255 e. The molecule has 2 aromatic rings. The Hall–Kier alpha value is -1.51. The van der Waals surface area contributed by atoms with Gasteiger partial charge in [-0.05, 0) is 25.5 Å². The van der Waals surface area contributed by atoms with Crippen LogP contribution in [-0.4, -0.2) is 50.2 Å². The van der Waals surface area contributed by atoms with E-state index in [1.807, 2.05) is 0 Å². The number of hydrogen-bond acceptors (Lipinski definition) is 5. The summed E-state index contributed by atoms with van der Waals surface area (Å²) in [5.41, 5.74) is -0.541. The van der Waals surface area contributed by atoms with Crippen molar-refractivity contribution in [2.75, 3.05) is 18.6 Å². The van der Waals surface area contributed by atoms with E-state index in [1.54, 1.807) is 37.4 Å². The maximum Gasteiger partial charge on any atom is 0.245 e. The number of benzene rings is 1. The average molecular weight is 354 g/mol. The maximum atomic E-state index is 13.0. The lowest BCUT2D eigenvalue weighted by Gasteiger charge is -2.33. The molecule has 2 heterocycles. The highest BCUT2D eigenvalue weighted by Gasteiger charge is 2.46. The zero-order valence-electron chi connectivity index (χ0n) is 12.9. The number of pyridine rings is 1. The molecule has 0 spiro atoms. The van der Waals surface area contributed by atoms with Crippen molar-refractivity contribution in [1.82, 2.24) is 9.29 Å². The Morgan fingerprint density at radius 2 is 1.91 bits per heavy atom. The number of nitrogens with zero attached hydrogens (tertiary/aromatic N) is 2. The number of sulfonamides is 1. The Bertz CT molecular complexity index is 965. The fourth-order valence-corrected chi connectivity index (χ4v) is 6.92. The molecule has 1 aliphatic rings. The van der Waals surface area contributed by atoms with Gasteiger partial charge in [0.15, 0.2) is 9.84 Å². The molecule has 1 aromatic heterocycles. The zero-order chi connectivity index (χ0) is 16.9. The number of para-hydroxylation sites is 1. The van der Waals surface area contributed by atoms with Crippen molar-refractivity contribution in [2.45, 2.75) is 23.8 Å². The second kappa shape index (κ2) is 5.25. The van der Waals surface area contributed by atoms with E-state index in [-0.39, 0.29) is 16.4 Å². The van der Waals surface area contributed by atoms with E-state index in [9.17, 15) is 16.8 Å². The first-order valence-electron chi connectivity index (χ1n) is 7.19. The van der Waals surface area contributed by atoms with Gasteiger partial charge in [0, 0.05) is 24.2 Å². The van der Waals surface area contributed by atoms with E-state index in [1.165, 1.54) is 17.4 Å². The minimum absolute atomic E-state index is 0.0111. The predicted octanol–water partition coefficient (Wildman–Crippen LogP) is 1.43. The van der Waals surface area contributed by atoms with Crippen LogP contribution in [0.4, 0.5) is 0 Å². The number of aromatic nitrogens is 1. The first-order chi connectivity index (χ1) is 10.7. The number of fused-ring (bicyclic) bond motifs is 1. The van der Waals surface area contributed by atoms with Crippen molar-refractivity contribution in [3.8, 4) is 0 Å². The standard InChI is InChI=1S/C15H18N2O4S2/c1-15(8-10-22(18,19)11-15)17(2)23(20,21)13-7-3-5-12-6-4-9-16-14(12)13/h3-7,9H,8,10-11H2,1-2H3/t15-/m1/s1. The first-order valence-corrected chi connectivity index (χ1v) is 10.5. The molecule has 0 unspecified atom stereocenters. The van der Waals surface area contributed by atoms with E-state index < -0.39 is 25.4 Å². The summed E-state index contributed by atoms with van der Waals surface area (Å²) in [6.45, 7) is 1.67. The lowest BCUT2D eigenvalue weighted by molar-refractivity contribution is 0.273. The Kier molecular flexibility index (Phi) is 3.74. The van der Waals surface area contributed by atoms with Gasteiger partial charge in [0.05, 0.1) is 17.0 Å². The molecule has 0 bridgehead atoms. The molecular weight excluding hydrogens is 336 g/mol. The highest BCUT2D eigenvalue weighted by atomic mass is 32.2. The molecular formula is C15H18N2O4S2. The minimum Gasteiger partial charge on any atom is -0.255 e. The van der Waals surface area contributed by atoms with Gasteiger partial charge in [-0.25, -0.2) is 16.8 Å². The molecule has 0 aliphatic carbocycles. The summed E-state index contributed by atoms with van der Waals surface area (Å²) in [5.74, 6) is -0.148. The normalized spacial score (nSPS) is 24.3. The van der Waals surface area contributed by atoms with Crippen LogP contribution in [0.25, 0.3) is 10.9 Å². The van der Waals surface area contributed by atoms with E-state index >= 15 is 0 Å². The fourth-order valence-electron chi connectivity index (χ4n) is 2.96. The lowest BCUT2D eigenvalue weighted by atomic mass is 10.0. The van der Waals surface area contributed by atoms with Gasteiger partial charge in [0.25, 0.3) is 0 Å². The molecule has 1 fully saturated rings. The predicted molar refractivity (Wildman–Crippen MR) is 88.4 cm³/mol. The van der Waals surface area contributed by atoms with Gasteiger partial charge in [-0.15, -0.1) is 0 Å². The smallest absolute Gasteiger partial charge is 0.245 e. The third-order valence-electron chi connectivity index (χ3n) is 4.48. The number of rotatable bonds is 3. The molecule has 6 nitrogen and oxygen atoms in total. The Balaban J connectivity index is 2.11. The van der Waals surface area contributed by atoms with Crippen LogP contribution < -0.4 is 0 Å². The van der Waals surface area contributed by atoms with Crippen molar-refractivity contribution in [1.29, 1.82) is 0 Å². The summed E-state index contributed by atoms with van der Waals surface area (Å²) in [4.78, 5) is 4.28. The van der Waals surface area contributed by atoms with Crippen molar-refractivity contribution < 1.29 is 16.8 Å². The van der Waals surface area contributed by atoms with Crippen LogP contribution in [-0.2, 0) is 19.9 Å². The van der Waals surface area contributed by atoms with Crippen LogP contribution in [0, 0.1) is 0 Å². The minimum atomic E-state index is -3.85. The first kappa shape index (κ1) is 16.4. The highest BCUT2D eigenvalue weighted by molar-refractivity contribution is 7.92. The van der Waals surface area contributed by atoms with E-state index in [0.717, 1.165) is 5.39 Å². The Morgan fingerprint density at radius 1 is 1.22 bits per heavy atom. The van der Waals surface area contributed by atoms with Gasteiger partial charge >= 0.3 is 0 Å². The molecule has 0 amide bonds. The van der Waals surface area contributed by atoms with Crippen molar-refractivity contribution in [3.05, 3.63) is 36.5 Å². The summed E-state index contributed by atoms with van der Waals surface area (Å²) in [7, 11) is -5.61. The Labute approximate surface area is 136 Å². The van der Waals surface area contributed by atoms with E-state index in [4.69, 9.17) is 0 Å². The Morgan fingerprint density at radius 3 is 2.57 bits per heavy atom. The maximum absolute atomic E-state index is 13.0. The van der Waals surface area contributed by atoms with Gasteiger partial charge in [-0.2, -0.15) is 4.31 Å². The topological polar surface area (TPSA) is 84.4 Å². The molecule has 8 heteroatoms. The third-order valence-corrected chi connectivity index (χ3v) is 8.41. The van der Waals surface area contributed by atoms with Crippen LogP contribution in [0.15, 0.2) is 41.4 Å². The monoisotopic (exact) mass is 354 g/mol. The van der Waals surface area contributed by atoms with Crippen LogP contribution in [0.1, 0.15) is 13.3 Å². The highest BCUT2D eigenvalue weighted by Crippen LogP contribution is 2.34. The van der Waals surface area contributed by atoms with Gasteiger partial charge < -0.3 is 0 Å². The summed E-state index contributed by atoms with van der Waals surface area (Å²) < 4.78 is 50.9. The van der Waals surface area contributed by atoms with Gasteiger partial charge in [0.2, 0.25) is 10.0 Å². The third kappa shape index (κ3) is 2.75. The van der Waals surface area contributed by atoms with Crippen molar-refractivity contribution >= 4 is 30.8 Å². The van der Waals surface area contributed by atoms with Crippen molar-refractivity contribution in [2.24, 2.45) is 0 Å². The van der Waals surface area contributed by atoms with Crippen LogP contribution in [0.5, 0.6) is 0 Å². The van der Waals surface area contributed by atoms with E-state index in [2.05, 4.69) is 4.98 Å². The van der Waals surface area contributed by atoms with Crippen LogP contribution in [0.2, 0.25) is 0 Å². The molecule has 0 saturated carbocycles. The van der Waals surface area contributed by atoms with Gasteiger partial charge in [-0.3, -0.25) is 4.98 Å². The number of sulfone groups is 1. The van der Waals surface area contributed by atoms with Crippen LogP contribution >= 0.6 is 0 Å². The molecule has 124 valence electrons. The summed E-state index contributed by atoms with van der Waals surface area (Å²) in [6, 6.07) is 8.51. The van der Waals surface area contributed by atoms with E-state index in [0.29, 0.717) is 11.9 Å². The summed E-state index contributed by atoms with van der Waals surface area (Å²) >= 11 is 0. The molecule has 1 aliphatic heterocycles. The lowest BCUT2D eigenvalue weighted by Crippen LogP contribution is -2.48. The zero-order valence-corrected chi connectivity index (χ0v) is 14.6. The second-order valence-electron chi connectivity index (χ2n) is 6.14. The molecule has 1 saturated heterocycles. The molecule has 3 rings (SSSR count). The average Bonchev–Trinajstić information content (AvgIpc) is 2.80. The SMILES string of the molecule is CN([C@]1(C)CCS(=O)(=O)C1)S(=O)(=O)c1cccc2cccnc12. The van der Waals surface area contributed by atoms with Gasteiger partial charge in [-0.1, -0.05) is 18.2 Å². The van der Waals surface area contributed by atoms with Crippen molar-refractivity contribution in [3.63, 3.8) is 0 Å². The number of hydrogen-bond donors (Lipinski definition) is 0. The summed E-state index contributed by atoms with van der Waals surface area (Å²) in [6.07, 6.45) is 1.84.